The minimum Gasteiger partial charge on any atom is -0.299 e. The summed E-state index contributed by atoms with van der Waals surface area (Å²) in [5.74, 6) is 2.06. The van der Waals surface area contributed by atoms with Gasteiger partial charge in [-0.2, -0.15) is 0 Å². The SMILES string of the molecule is O=C1CCC2CC23CCCCC13. The molecule has 1 spiro atoms. The fourth-order valence-corrected chi connectivity index (χ4v) is 3.76. The lowest BCUT2D eigenvalue weighted by Crippen LogP contribution is -2.33. The van der Waals surface area contributed by atoms with E-state index in [0.717, 1.165) is 12.3 Å². The van der Waals surface area contributed by atoms with E-state index in [1.54, 1.807) is 0 Å². The normalized spacial score (nSPS) is 51.2. The first-order valence-electron chi connectivity index (χ1n) is 5.36. The van der Waals surface area contributed by atoms with Gasteiger partial charge < -0.3 is 0 Å². The van der Waals surface area contributed by atoms with E-state index in [-0.39, 0.29) is 0 Å². The van der Waals surface area contributed by atoms with Crippen molar-refractivity contribution >= 4 is 5.78 Å². The van der Waals surface area contributed by atoms with Gasteiger partial charge in [-0.15, -0.1) is 0 Å². The van der Waals surface area contributed by atoms with Gasteiger partial charge in [0.15, 0.2) is 0 Å². The van der Waals surface area contributed by atoms with Gasteiger partial charge in [-0.3, -0.25) is 4.79 Å². The predicted octanol–water partition coefficient (Wildman–Crippen LogP) is 2.55. The third kappa shape index (κ3) is 0.725. The van der Waals surface area contributed by atoms with Crippen LogP contribution in [-0.4, -0.2) is 5.78 Å². The van der Waals surface area contributed by atoms with Gasteiger partial charge in [0.25, 0.3) is 0 Å². The van der Waals surface area contributed by atoms with E-state index in [0.29, 0.717) is 17.1 Å². The van der Waals surface area contributed by atoms with Crippen LogP contribution in [0.5, 0.6) is 0 Å². The largest absolute Gasteiger partial charge is 0.299 e. The Morgan fingerprint density at radius 3 is 3.00 bits per heavy atom. The summed E-state index contributed by atoms with van der Waals surface area (Å²) in [6.07, 6.45) is 8.80. The Kier molecular flexibility index (Phi) is 1.26. The highest BCUT2D eigenvalue weighted by atomic mass is 16.1. The Bertz CT molecular complexity index is 233. The number of hydrogen-bond donors (Lipinski definition) is 0. The second kappa shape index (κ2) is 2.12. The van der Waals surface area contributed by atoms with E-state index in [1.807, 2.05) is 0 Å². The van der Waals surface area contributed by atoms with Crippen LogP contribution in [0.1, 0.15) is 44.9 Å². The highest BCUT2D eigenvalue weighted by molar-refractivity contribution is 5.83. The zero-order valence-corrected chi connectivity index (χ0v) is 7.51. The number of carbonyl (C=O) groups is 1. The molecule has 0 saturated heterocycles. The monoisotopic (exact) mass is 164 g/mol. The maximum Gasteiger partial charge on any atom is 0.136 e. The predicted molar refractivity (Wildman–Crippen MR) is 46.7 cm³/mol. The second-order valence-electron chi connectivity index (χ2n) is 4.94. The number of Topliss-reactive ketones (excluding diaryl/α,β-unsaturated/α-hetero) is 1. The van der Waals surface area contributed by atoms with E-state index in [9.17, 15) is 4.79 Å². The van der Waals surface area contributed by atoms with Crippen molar-refractivity contribution < 1.29 is 4.79 Å². The Hall–Kier alpha value is -0.330. The fourth-order valence-electron chi connectivity index (χ4n) is 3.76. The standard InChI is InChI=1S/C11H16O/c12-10-5-4-8-7-11(8)6-2-1-3-9(10)11/h8-9H,1-7H2. The highest BCUT2D eigenvalue weighted by Gasteiger charge is 2.62. The van der Waals surface area contributed by atoms with E-state index in [1.165, 1.54) is 38.5 Å². The van der Waals surface area contributed by atoms with Gasteiger partial charge in [-0.25, -0.2) is 0 Å². The first-order chi connectivity index (χ1) is 5.83. The first kappa shape index (κ1) is 7.11. The maximum atomic E-state index is 11.7. The van der Waals surface area contributed by atoms with Crippen molar-refractivity contribution in [2.24, 2.45) is 17.3 Å². The van der Waals surface area contributed by atoms with Gasteiger partial charge in [0.2, 0.25) is 0 Å². The third-order valence-electron chi connectivity index (χ3n) is 4.49. The van der Waals surface area contributed by atoms with Crippen molar-refractivity contribution in [3.63, 3.8) is 0 Å². The Labute approximate surface area is 73.5 Å². The van der Waals surface area contributed by atoms with Crippen LogP contribution in [0.4, 0.5) is 0 Å². The fraction of sp³-hybridized carbons (Fsp3) is 0.909. The number of rotatable bonds is 0. The van der Waals surface area contributed by atoms with Gasteiger partial charge in [-0.05, 0) is 37.0 Å². The molecular weight excluding hydrogens is 148 g/mol. The Balaban J connectivity index is 1.91. The van der Waals surface area contributed by atoms with Crippen molar-refractivity contribution in [2.75, 3.05) is 0 Å². The molecule has 0 aromatic rings. The average molecular weight is 164 g/mol. The van der Waals surface area contributed by atoms with Crippen LogP contribution in [0.3, 0.4) is 0 Å². The summed E-state index contributed by atoms with van der Waals surface area (Å²) in [6, 6.07) is 0. The van der Waals surface area contributed by atoms with E-state index < -0.39 is 0 Å². The van der Waals surface area contributed by atoms with Crippen LogP contribution in [0, 0.1) is 17.3 Å². The first-order valence-corrected chi connectivity index (χ1v) is 5.36. The van der Waals surface area contributed by atoms with Gasteiger partial charge in [-0.1, -0.05) is 12.8 Å². The van der Waals surface area contributed by atoms with Crippen molar-refractivity contribution in [1.82, 2.24) is 0 Å². The molecule has 3 atom stereocenters. The summed E-state index contributed by atoms with van der Waals surface area (Å²) in [5.41, 5.74) is 0.563. The van der Waals surface area contributed by atoms with Crippen molar-refractivity contribution in [1.29, 1.82) is 0 Å². The Morgan fingerprint density at radius 2 is 2.17 bits per heavy atom. The molecule has 3 aliphatic carbocycles. The molecule has 3 aliphatic rings. The summed E-state index contributed by atoms with van der Waals surface area (Å²) in [5, 5.41) is 0. The molecule has 0 aromatic carbocycles. The molecule has 12 heavy (non-hydrogen) atoms. The van der Waals surface area contributed by atoms with Gasteiger partial charge >= 0.3 is 0 Å². The molecule has 66 valence electrons. The molecular formula is C11H16O. The Morgan fingerprint density at radius 1 is 1.25 bits per heavy atom. The molecule has 0 bridgehead atoms. The lowest BCUT2D eigenvalue weighted by Gasteiger charge is -2.34. The summed E-state index contributed by atoms with van der Waals surface area (Å²) in [7, 11) is 0. The number of ketones is 1. The van der Waals surface area contributed by atoms with Crippen LogP contribution in [0.15, 0.2) is 0 Å². The quantitative estimate of drug-likeness (QED) is 0.537. The van der Waals surface area contributed by atoms with Crippen molar-refractivity contribution in [3.8, 4) is 0 Å². The van der Waals surface area contributed by atoms with Crippen molar-refractivity contribution in [3.05, 3.63) is 0 Å². The number of hydrogen-bond acceptors (Lipinski definition) is 1. The van der Waals surface area contributed by atoms with Gasteiger partial charge in [0.1, 0.15) is 5.78 Å². The van der Waals surface area contributed by atoms with Crippen LogP contribution in [-0.2, 0) is 4.79 Å². The molecule has 1 nitrogen and oxygen atoms in total. The summed E-state index contributed by atoms with van der Waals surface area (Å²) >= 11 is 0. The molecule has 0 radical (unpaired) electrons. The zero-order valence-electron chi connectivity index (χ0n) is 7.51. The molecule has 1 heteroatoms. The highest BCUT2D eigenvalue weighted by Crippen LogP contribution is 2.68. The minimum atomic E-state index is 0.505. The van der Waals surface area contributed by atoms with Crippen LogP contribution >= 0.6 is 0 Å². The van der Waals surface area contributed by atoms with Gasteiger partial charge in [0, 0.05) is 12.3 Å². The number of carbonyl (C=O) groups excluding carboxylic acids is 1. The van der Waals surface area contributed by atoms with E-state index in [2.05, 4.69) is 0 Å². The average Bonchev–Trinajstić information content (AvgIpc) is 2.78. The smallest absolute Gasteiger partial charge is 0.136 e. The lowest BCUT2D eigenvalue weighted by atomic mass is 9.69. The molecule has 0 heterocycles. The van der Waals surface area contributed by atoms with Crippen molar-refractivity contribution in [2.45, 2.75) is 44.9 Å². The lowest BCUT2D eigenvalue weighted by molar-refractivity contribution is -0.128. The molecule has 3 unspecified atom stereocenters. The second-order valence-corrected chi connectivity index (χ2v) is 4.94. The van der Waals surface area contributed by atoms with Crippen LogP contribution < -0.4 is 0 Å². The molecule has 3 fully saturated rings. The molecule has 0 N–H and O–H groups in total. The van der Waals surface area contributed by atoms with E-state index in [4.69, 9.17) is 0 Å². The van der Waals surface area contributed by atoms with Crippen LogP contribution in [0.25, 0.3) is 0 Å². The van der Waals surface area contributed by atoms with E-state index >= 15 is 0 Å². The summed E-state index contributed by atoms with van der Waals surface area (Å²) in [4.78, 5) is 11.7. The molecule has 3 rings (SSSR count). The summed E-state index contributed by atoms with van der Waals surface area (Å²) in [6.45, 7) is 0. The molecule has 0 aliphatic heterocycles. The third-order valence-corrected chi connectivity index (χ3v) is 4.49. The maximum absolute atomic E-state index is 11.7. The minimum absolute atomic E-state index is 0.505. The summed E-state index contributed by atoms with van der Waals surface area (Å²) < 4.78 is 0. The van der Waals surface area contributed by atoms with Crippen LogP contribution in [0.2, 0.25) is 0 Å². The zero-order chi connectivity index (χ0) is 8.18. The molecule has 3 saturated carbocycles. The molecule has 0 aromatic heterocycles. The van der Waals surface area contributed by atoms with Gasteiger partial charge in [0.05, 0.1) is 0 Å². The molecule has 0 amide bonds. The topological polar surface area (TPSA) is 17.1 Å².